The zero-order chi connectivity index (χ0) is 14.7. The van der Waals surface area contributed by atoms with Gasteiger partial charge in [-0.25, -0.2) is 4.98 Å². The quantitative estimate of drug-likeness (QED) is 0.708. The minimum absolute atomic E-state index is 0.724. The van der Waals surface area contributed by atoms with Crippen LogP contribution in [0.2, 0.25) is 0 Å². The number of benzene rings is 1. The second kappa shape index (κ2) is 6.28. The number of nitrogens with zero attached hydrogens (tertiary/aromatic N) is 1. The van der Waals surface area contributed by atoms with E-state index in [9.17, 15) is 0 Å². The van der Waals surface area contributed by atoms with E-state index >= 15 is 0 Å². The highest BCUT2D eigenvalue weighted by Crippen LogP contribution is 2.24. The summed E-state index contributed by atoms with van der Waals surface area (Å²) in [6.07, 6.45) is 0.951. The molecule has 1 N–H and O–H groups in total. The lowest BCUT2D eigenvalue weighted by Crippen LogP contribution is -2.16. The van der Waals surface area contributed by atoms with Gasteiger partial charge in [-0.05, 0) is 31.2 Å². The van der Waals surface area contributed by atoms with Crippen LogP contribution in [0, 0.1) is 6.92 Å². The Kier molecular flexibility index (Phi) is 4.22. The number of nitrogens with one attached hydrogen (secondary N) is 1. The van der Waals surface area contributed by atoms with Crippen LogP contribution < -0.4 is 10.1 Å². The van der Waals surface area contributed by atoms with Crippen LogP contribution in [0.15, 0.2) is 34.1 Å². The van der Waals surface area contributed by atoms with E-state index in [1.54, 1.807) is 18.4 Å². The molecule has 0 amide bonds. The molecular formula is C16H18N2O2S. The molecule has 5 heteroatoms. The zero-order valence-electron chi connectivity index (χ0n) is 12.2. The van der Waals surface area contributed by atoms with Crippen LogP contribution in [0.4, 0.5) is 0 Å². The molecule has 0 aliphatic rings. The molecule has 0 radical (unpaired) electrons. The molecule has 0 spiro atoms. The Morgan fingerprint density at radius 2 is 2.24 bits per heavy atom. The van der Waals surface area contributed by atoms with Crippen molar-refractivity contribution >= 4 is 22.3 Å². The standard InChI is InChI=1S/C16H18N2O2S/c1-11-10-21-16(18-11)5-6-17-9-14-8-12-7-13(19-2)3-4-15(12)20-14/h3-4,7-8,10,17H,5-6,9H2,1-2H3. The minimum Gasteiger partial charge on any atom is -0.497 e. The number of thiazole rings is 1. The van der Waals surface area contributed by atoms with Crippen molar-refractivity contribution in [2.24, 2.45) is 0 Å². The second-order valence-electron chi connectivity index (χ2n) is 4.93. The van der Waals surface area contributed by atoms with E-state index < -0.39 is 0 Å². The van der Waals surface area contributed by atoms with Crippen molar-refractivity contribution < 1.29 is 9.15 Å². The summed E-state index contributed by atoms with van der Waals surface area (Å²) in [6.45, 7) is 3.64. The van der Waals surface area contributed by atoms with E-state index in [1.165, 1.54) is 5.01 Å². The lowest BCUT2D eigenvalue weighted by atomic mass is 10.2. The van der Waals surface area contributed by atoms with Crippen LogP contribution >= 0.6 is 11.3 Å². The number of ether oxygens (including phenoxy) is 1. The molecule has 0 saturated carbocycles. The Morgan fingerprint density at radius 1 is 1.33 bits per heavy atom. The average Bonchev–Trinajstić information content (AvgIpc) is 3.08. The summed E-state index contributed by atoms with van der Waals surface area (Å²) in [7, 11) is 1.67. The molecule has 0 aliphatic carbocycles. The predicted molar refractivity (Wildman–Crippen MR) is 85.0 cm³/mol. The fraction of sp³-hybridized carbons (Fsp3) is 0.312. The van der Waals surface area contributed by atoms with Crippen molar-refractivity contribution in [1.29, 1.82) is 0 Å². The van der Waals surface area contributed by atoms with Gasteiger partial charge in [0.2, 0.25) is 0 Å². The number of aryl methyl sites for hydroxylation is 1. The van der Waals surface area contributed by atoms with Crippen molar-refractivity contribution in [2.45, 2.75) is 19.9 Å². The van der Waals surface area contributed by atoms with Gasteiger partial charge in [0.05, 0.1) is 18.7 Å². The van der Waals surface area contributed by atoms with Gasteiger partial charge in [-0.1, -0.05) is 0 Å². The SMILES string of the molecule is COc1ccc2oc(CNCCc3nc(C)cs3)cc2c1. The molecule has 0 fully saturated rings. The third kappa shape index (κ3) is 3.43. The van der Waals surface area contributed by atoms with E-state index in [1.807, 2.05) is 25.1 Å². The van der Waals surface area contributed by atoms with Crippen molar-refractivity contribution in [3.8, 4) is 5.75 Å². The lowest BCUT2D eigenvalue weighted by molar-refractivity contribution is 0.415. The first-order chi connectivity index (χ1) is 10.2. The van der Waals surface area contributed by atoms with Gasteiger partial charge >= 0.3 is 0 Å². The predicted octanol–water partition coefficient (Wildman–Crippen LogP) is 3.54. The topological polar surface area (TPSA) is 47.3 Å². The van der Waals surface area contributed by atoms with Crippen LogP contribution in [0.3, 0.4) is 0 Å². The molecule has 0 atom stereocenters. The molecule has 0 saturated heterocycles. The van der Waals surface area contributed by atoms with E-state index in [2.05, 4.69) is 21.7 Å². The molecule has 0 aliphatic heterocycles. The monoisotopic (exact) mass is 302 g/mol. The van der Waals surface area contributed by atoms with Gasteiger partial charge < -0.3 is 14.5 Å². The molecule has 21 heavy (non-hydrogen) atoms. The zero-order valence-corrected chi connectivity index (χ0v) is 13.0. The van der Waals surface area contributed by atoms with Gasteiger partial charge in [0.25, 0.3) is 0 Å². The molecule has 0 bridgehead atoms. The molecule has 3 rings (SSSR count). The summed E-state index contributed by atoms with van der Waals surface area (Å²) in [4.78, 5) is 4.45. The number of furan rings is 1. The summed E-state index contributed by atoms with van der Waals surface area (Å²) in [5.41, 5.74) is 1.99. The normalized spacial score (nSPS) is 11.1. The average molecular weight is 302 g/mol. The first-order valence-corrected chi connectivity index (χ1v) is 7.81. The second-order valence-corrected chi connectivity index (χ2v) is 5.87. The van der Waals surface area contributed by atoms with E-state index in [4.69, 9.17) is 9.15 Å². The van der Waals surface area contributed by atoms with E-state index in [-0.39, 0.29) is 0 Å². The molecule has 3 aromatic rings. The molecule has 2 aromatic heterocycles. The maximum atomic E-state index is 5.79. The molecule has 0 unspecified atom stereocenters. The number of hydrogen-bond donors (Lipinski definition) is 1. The van der Waals surface area contributed by atoms with Crippen LogP contribution in [-0.4, -0.2) is 18.6 Å². The van der Waals surface area contributed by atoms with Crippen molar-refractivity contribution in [3.05, 3.63) is 46.1 Å². The van der Waals surface area contributed by atoms with E-state index in [0.717, 1.165) is 47.7 Å². The van der Waals surface area contributed by atoms with Crippen LogP contribution in [-0.2, 0) is 13.0 Å². The first-order valence-electron chi connectivity index (χ1n) is 6.93. The number of aromatic nitrogens is 1. The largest absolute Gasteiger partial charge is 0.497 e. The Bertz CT molecular complexity index is 733. The molecule has 4 nitrogen and oxygen atoms in total. The fourth-order valence-corrected chi connectivity index (χ4v) is 2.99. The van der Waals surface area contributed by atoms with Gasteiger partial charge in [0.15, 0.2) is 0 Å². The molecule has 2 heterocycles. The summed E-state index contributed by atoms with van der Waals surface area (Å²) in [5, 5.41) is 7.72. The third-order valence-electron chi connectivity index (χ3n) is 3.26. The lowest BCUT2D eigenvalue weighted by Gasteiger charge is -2.00. The number of methoxy groups -OCH3 is 1. The molecule has 110 valence electrons. The van der Waals surface area contributed by atoms with Crippen molar-refractivity contribution in [1.82, 2.24) is 10.3 Å². The molecular weight excluding hydrogens is 284 g/mol. The maximum Gasteiger partial charge on any atom is 0.134 e. The number of rotatable bonds is 6. The minimum atomic E-state index is 0.724. The smallest absolute Gasteiger partial charge is 0.134 e. The van der Waals surface area contributed by atoms with Gasteiger partial charge in [-0.15, -0.1) is 11.3 Å². The van der Waals surface area contributed by atoms with Crippen LogP contribution in [0.1, 0.15) is 16.5 Å². The summed E-state index contributed by atoms with van der Waals surface area (Å²) < 4.78 is 11.0. The van der Waals surface area contributed by atoms with E-state index in [0.29, 0.717) is 0 Å². The number of hydrogen-bond acceptors (Lipinski definition) is 5. The van der Waals surface area contributed by atoms with Crippen molar-refractivity contribution in [3.63, 3.8) is 0 Å². The highest BCUT2D eigenvalue weighted by Gasteiger charge is 2.05. The van der Waals surface area contributed by atoms with Crippen LogP contribution in [0.25, 0.3) is 11.0 Å². The summed E-state index contributed by atoms with van der Waals surface area (Å²) >= 11 is 1.72. The fourth-order valence-electron chi connectivity index (χ4n) is 2.21. The maximum absolute atomic E-state index is 5.79. The first kappa shape index (κ1) is 14.1. The summed E-state index contributed by atoms with van der Waals surface area (Å²) in [5.74, 6) is 1.79. The highest BCUT2D eigenvalue weighted by atomic mass is 32.1. The van der Waals surface area contributed by atoms with Gasteiger partial charge in [-0.2, -0.15) is 0 Å². The van der Waals surface area contributed by atoms with Crippen LogP contribution in [0.5, 0.6) is 5.75 Å². The molecule has 1 aromatic carbocycles. The van der Waals surface area contributed by atoms with Gasteiger partial charge in [0.1, 0.15) is 17.1 Å². The van der Waals surface area contributed by atoms with Crippen molar-refractivity contribution in [2.75, 3.05) is 13.7 Å². The third-order valence-corrected chi connectivity index (χ3v) is 4.28. The Morgan fingerprint density at radius 3 is 3.00 bits per heavy atom. The Hall–Kier alpha value is -1.85. The highest BCUT2D eigenvalue weighted by molar-refractivity contribution is 7.09. The summed E-state index contributed by atoms with van der Waals surface area (Å²) in [6, 6.07) is 7.89. The Labute approximate surface area is 127 Å². The van der Waals surface area contributed by atoms with Gasteiger partial charge in [0, 0.05) is 29.4 Å². The number of fused-ring (bicyclic) bond motifs is 1. The Balaban J connectivity index is 1.55. The van der Waals surface area contributed by atoms with Gasteiger partial charge in [-0.3, -0.25) is 0 Å².